The van der Waals surface area contributed by atoms with Crippen LogP contribution in [0.15, 0.2) is 42.5 Å². The number of hydrogen-bond acceptors (Lipinski definition) is 2. The molecule has 4 N–H and O–H groups in total. The molecule has 84 valence electrons. The lowest BCUT2D eigenvalue weighted by atomic mass is 9.74. The first kappa shape index (κ1) is 11.0. The first-order valence-electron chi connectivity index (χ1n) is 5.59. The van der Waals surface area contributed by atoms with Crippen molar-refractivity contribution in [2.75, 3.05) is 12.3 Å². The minimum absolute atomic E-state index is 0.120. The maximum absolute atomic E-state index is 6.16. The molecule has 1 aromatic rings. The fraction of sp³-hybridized carbons (Fsp3) is 0.286. The predicted molar refractivity (Wildman–Crippen MR) is 69.2 cm³/mol. The van der Waals surface area contributed by atoms with Crippen LogP contribution in [0.2, 0.25) is 0 Å². The van der Waals surface area contributed by atoms with E-state index in [1.54, 1.807) is 0 Å². The molecular formula is C14H18N2. The SMILES string of the molecule is Cc1cccc(C2(CN)C=CC=CC2)c1N. The lowest BCUT2D eigenvalue weighted by Gasteiger charge is -2.32. The second-order valence-corrected chi connectivity index (χ2v) is 4.39. The quantitative estimate of drug-likeness (QED) is 0.742. The highest BCUT2D eigenvalue weighted by Gasteiger charge is 2.29. The van der Waals surface area contributed by atoms with E-state index in [1.165, 1.54) is 0 Å². The van der Waals surface area contributed by atoms with E-state index in [0.717, 1.165) is 23.2 Å². The van der Waals surface area contributed by atoms with E-state index >= 15 is 0 Å². The average molecular weight is 214 g/mol. The predicted octanol–water partition coefficient (Wildman–Crippen LogP) is 2.29. The molecule has 0 spiro atoms. The topological polar surface area (TPSA) is 52.0 Å². The smallest absolute Gasteiger partial charge is 0.0385 e. The molecule has 0 heterocycles. The number of rotatable bonds is 2. The van der Waals surface area contributed by atoms with Gasteiger partial charge >= 0.3 is 0 Å². The number of nitrogens with two attached hydrogens (primary N) is 2. The summed E-state index contributed by atoms with van der Waals surface area (Å²) in [6.07, 6.45) is 9.35. The van der Waals surface area contributed by atoms with Crippen LogP contribution in [0, 0.1) is 6.92 Å². The van der Waals surface area contributed by atoms with Gasteiger partial charge in [-0.15, -0.1) is 0 Å². The van der Waals surface area contributed by atoms with Crippen LogP contribution in [-0.4, -0.2) is 6.54 Å². The third-order valence-corrected chi connectivity index (χ3v) is 3.37. The van der Waals surface area contributed by atoms with Gasteiger partial charge in [0.1, 0.15) is 0 Å². The van der Waals surface area contributed by atoms with Gasteiger partial charge in [0.15, 0.2) is 0 Å². The summed E-state index contributed by atoms with van der Waals surface area (Å²) in [7, 11) is 0. The van der Waals surface area contributed by atoms with Crippen LogP contribution < -0.4 is 11.5 Å². The van der Waals surface area contributed by atoms with Crippen LogP contribution in [-0.2, 0) is 5.41 Å². The molecule has 1 aromatic carbocycles. The zero-order valence-electron chi connectivity index (χ0n) is 9.61. The highest BCUT2D eigenvalue weighted by Crippen LogP contribution is 2.36. The summed E-state index contributed by atoms with van der Waals surface area (Å²) in [6.45, 7) is 2.62. The number of benzene rings is 1. The summed E-state index contributed by atoms with van der Waals surface area (Å²) in [5.41, 5.74) is 15.1. The van der Waals surface area contributed by atoms with Crippen molar-refractivity contribution in [3.63, 3.8) is 0 Å². The molecule has 16 heavy (non-hydrogen) atoms. The lowest BCUT2D eigenvalue weighted by Crippen LogP contribution is -2.34. The van der Waals surface area contributed by atoms with Crippen molar-refractivity contribution in [1.82, 2.24) is 0 Å². The summed E-state index contributed by atoms with van der Waals surface area (Å²) < 4.78 is 0. The Bertz CT molecular complexity index is 446. The number of nitrogen functional groups attached to an aromatic ring is 1. The van der Waals surface area contributed by atoms with E-state index in [1.807, 2.05) is 19.1 Å². The molecule has 0 aromatic heterocycles. The normalized spacial score (nSPS) is 23.6. The molecule has 0 saturated carbocycles. The number of anilines is 1. The van der Waals surface area contributed by atoms with Gasteiger partial charge in [0, 0.05) is 17.6 Å². The Morgan fingerprint density at radius 3 is 2.75 bits per heavy atom. The van der Waals surface area contributed by atoms with Crippen molar-refractivity contribution >= 4 is 5.69 Å². The van der Waals surface area contributed by atoms with Crippen LogP contribution in [0.1, 0.15) is 17.5 Å². The van der Waals surface area contributed by atoms with Gasteiger partial charge in [-0.25, -0.2) is 0 Å². The number of aryl methyl sites for hydroxylation is 1. The van der Waals surface area contributed by atoms with E-state index in [2.05, 4.69) is 30.4 Å². The van der Waals surface area contributed by atoms with Gasteiger partial charge in [0.05, 0.1) is 0 Å². The monoisotopic (exact) mass is 214 g/mol. The highest BCUT2D eigenvalue weighted by molar-refractivity contribution is 5.58. The van der Waals surface area contributed by atoms with Gasteiger partial charge in [-0.3, -0.25) is 0 Å². The molecule has 1 aliphatic rings. The van der Waals surface area contributed by atoms with Crippen molar-refractivity contribution in [3.8, 4) is 0 Å². The van der Waals surface area contributed by atoms with Crippen LogP contribution in [0.3, 0.4) is 0 Å². The van der Waals surface area contributed by atoms with Crippen LogP contribution in [0.4, 0.5) is 5.69 Å². The van der Waals surface area contributed by atoms with Crippen LogP contribution in [0.5, 0.6) is 0 Å². The minimum Gasteiger partial charge on any atom is -0.398 e. The van der Waals surface area contributed by atoms with Crippen LogP contribution >= 0.6 is 0 Å². The molecule has 2 heteroatoms. The average Bonchev–Trinajstić information content (AvgIpc) is 2.33. The Morgan fingerprint density at radius 2 is 2.12 bits per heavy atom. The Morgan fingerprint density at radius 1 is 1.31 bits per heavy atom. The van der Waals surface area contributed by atoms with Crippen molar-refractivity contribution in [2.24, 2.45) is 5.73 Å². The van der Waals surface area contributed by atoms with Gasteiger partial charge in [-0.2, -0.15) is 0 Å². The number of para-hydroxylation sites is 1. The fourth-order valence-electron chi connectivity index (χ4n) is 2.24. The molecule has 1 atom stereocenters. The third kappa shape index (κ3) is 1.65. The van der Waals surface area contributed by atoms with Gasteiger partial charge in [-0.1, -0.05) is 42.5 Å². The molecule has 0 aliphatic heterocycles. The molecule has 1 unspecified atom stereocenters. The largest absolute Gasteiger partial charge is 0.398 e. The zero-order chi connectivity index (χ0) is 11.6. The van der Waals surface area contributed by atoms with E-state index in [0.29, 0.717) is 6.54 Å². The fourth-order valence-corrected chi connectivity index (χ4v) is 2.24. The Kier molecular flexibility index (Phi) is 2.84. The minimum atomic E-state index is -0.120. The molecule has 2 nitrogen and oxygen atoms in total. The second-order valence-electron chi connectivity index (χ2n) is 4.39. The van der Waals surface area contributed by atoms with Crippen molar-refractivity contribution in [2.45, 2.75) is 18.8 Å². The number of hydrogen-bond donors (Lipinski definition) is 2. The molecule has 2 rings (SSSR count). The lowest BCUT2D eigenvalue weighted by molar-refractivity contribution is 0.552. The summed E-state index contributed by atoms with van der Waals surface area (Å²) in [5.74, 6) is 0. The Labute approximate surface area is 96.6 Å². The molecule has 0 saturated heterocycles. The molecular weight excluding hydrogens is 196 g/mol. The molecule has 1 aliphatic carbocycles. The number of allylic oxidation sites excluding steroid dienone is 3. The van der Waals surface area contributed by atoms with Crippen molar-refractivity contribution in [1.29, 1.82) is 0 Å². The standard InChI is InChI=1S/C14H18N2/c1-11-6-5-7-12(13(11)16)14(10-15)8-3-2-4-9-14/h2-8H,9-10,15-16H2,1H3. The van der Waals surface area contributed by atoms with E-state index < -0.39 is 0 Å². The third-order valence-electron chi connectivity index (χ3n) is 3.37. The van der Waals surface area contributed by atoms with Gasteiger partial charge in [0.25, 0.3) is 0 Å². The summed E-state index contributed by atoms with van der Waals surface area (Å²) >= 11 is 0. The highest BCUT2D eigenvalue weighted by atomic mass is 14.6. The Hall–Kier alpha value is -1.54. The van der Waals surface area contributed by atoms with E-state index in [9.17, 15) is 0 Å². The molecule has 0 fully saturated rings. The van der Waals surface area contributed by atoms with E-state index in [4.69, 9.17) is 11.5 Å². The Balaban J connectivity index is 2.53. The molecule has 0 amide bonds. The zero-order valence-corrected chi connectivity index (χ0v) is 9.61. The van der Waals surface area contributed by atoms with Crippen molar-refractivity contribution < 1.29 is 0 Å². The second kappa shape index (κ2) is 4.14. The van der Waals surface area contributed by atoms with Crippen LogP contribution in [0.25, 0.3) is 0 Å². The summed E-state index contributed by atoms with van der Waals surface area (Å²) in [4.78, 5) is 0. The first-order valence-corrected chi connectivity index (χ1v) is 5.59. The molecule has 0 bridgehead atoms. The van der Waals surface area contributed by atoms with E-state index in [-0.39, 0.29) is 5.41 Å². The summed E-state index contributed by atoms with van der Waals surface area (Å²) in [5, 5.41) is 0. The van der Waals surface area contributed by atoms with Gasteiger partial charge in [-0.05, 0) is 24.5 Å². The molecule has 0 radical (unpaired) electrons. The maximum atomic E-state index is 6.16. The first-order chi connectivity index (χ1) is 7.69. The van der Waals surface area contributed by atoms with Gasteiger partial charge < -0.3 is 11.5 Å². The summed E-state index contributed by atoms with van der Waals surface area (Å²) in [6, 6.07) is 6.16. The maximum Gasteiger partial charge on any atom is 0.0385 e. The van der Waals surface area contributed by atoms with Crippen molar-refractivity contribution in [3.05, 3.63) is 53.6 Å². The van der Waals surface area contributed by atoms with Gasteiger partial charge in [0.2, 0.25) is 0 Å².